The minimum Gasteiger partial charge on any atom is -0.288 e. The second-order valence-corrected chi connectivity index (χ2v) is 8.20. The van der Waals surface area contributed by atoms with Crippen LogP contribution in [0.15, 0.2) is 72.8 Å². The van der Waals surface area contributed by atoms with E-state index in [1.54, 1.807) is 0 Å². The quantitative estimate of drug-likeness (QED) is 0.622. The maximum absolute atomic E-state index is 13.5. The van der Waals surface area contributed by atoms with Gasteiger partial charge in [0.05, 0.1) is 0 Å². The minimum absolute atomic E-state index is 0.234. The summed E-state index contributed by atoms with van der Waals surface area (Å²) in [7, 11) is -1.07. The van der Waals surface area contributed by atoms with Crippen LogP contribution in [0.4, 0.5) is 0 Å². The van der Waals surface area contributed by atoms with Crippen LogP contribution >= 0.6 is 7.92 Å². The van der Waals surface area contributed by atoms with Crippen molar-refractivity contribution in [1.29, 1.82) is 0 Å². The zero-order valence-corrected chi connectivity index (χ0v) is 15.2. The van der Waals surface area contributed by atoms with Crippen molar-refractivity contribution in [2.24, 2.45) is 0 Å². The summed E-state index contributed by atoms with van der Waals surface area (Å²) in [5.74, 6) is 0. The first kappa shape index (κ1) is 16.6. The number of rotatable bonds is 4. The molecule has 0 saturated heterocycles. The maximum atomic E-state index is 13.5. The first-order chi connectivity index (χ1) is 11.6. The number of hydrogen-bond acceptors (Lipinski definition) is 1. The molecule has 0 aliphatic heterocycles. The van der Waals surface area contributed by atoms with Crippen LogP contribution in [0.3, 0.4) is 0 Å². The monoisotopic (exact) mass is 332 g/mol. The highest BCUT2D eigenvalue weighted by Crippen LogP contribution is 2.39. The molecule has 0 atom stereocenters. The average molecular weight is 332 g/mol. The van der Waals surface area contributed by atoms with Gasteiger partial charge in [-0.2, -0.15) is 0 Å². The summed E-state index contributed by atoms with van der Waals surface area (Å²) in [4.78, 5) is 13.5. The summed E-state index contributed by atoms with van der Waals surface area (Å²) < 4.78 is 0. The van der Waals surface area contributed by atoms with Crippen molar-refractivity contribution in [3.05, 3.63) is 95.1 Å². The topological polar surface area (TPSA) is 17.1 Å². The predicted octanol–water partition coefficient (Wildman–Crippen LogP) is 4.88. The zero-order chi connectivity index (χ0) is 17.1. The van der Waals surface area contributed by atoms with E-state index in [0.29, 0.717) is 0 Å². The molecule has 0 heterocycles. The molecular formula is C22H21OP. The van der Waals surface area contributed by atoms with Gasteiger partial charge in [-0.1, -0.05) is 78.4 Å². The van der Waals surface area contributed by atoms with Gasteiger partial charge in [-0.25, -0.2) is 0 Å². The largest absolute Gasteiger partial charge is 0.288 e. The Kier molecular flexibility index (Phi) is 4.92. The number of benzene rings is 3. The molecule has 2 heteroatoms. The van der Waals surface area contributed by atoms with E-state index in [0.717, 1.165) is 27.3 Å². The molecule has 0 aromatic heterocycles. The molecule has 0 spiro atoms. The lowest BCUT2D eigenvalue weighted by molar-refractivity contribution is 0.108. The van der Waals surface area contributed by atoms with Gasteiger partial charge in [0.2, 0.25) is 0 Å². The van der Waals surface area contributed by atoms with Gasteiger partial charge in [0.15, 0.2) is 5.52 Å². The van der Waals surface area contributed by atoms with E-state index < -0.39 is 7.92 Å². The van der Waals surface area contributed by atoms with E-state index >= 15 is 0 Å². The Morgan fingerprint density at radius 1 is 0.708 bits per heavy atom. The van der Waals surface area contributed by atoms with E-state index in [1.807, 2.05) is 50.2 Å². The van der Waals surface area contributed by atoms with E-state index in [2.05, 4.69) is 43.3 Å². The fourth-order valence-corrected chi connectivity index (χ4v) is 5.45. The van der Waals surface area contributed by atoms with Gasteiger partial charge in [-0.15, -0.1) is 0 Å². The van der Waals surface area contributed by atoms with Gasteiger partial charge >= 0.3 is 0 Å². The third kappa shape index (κ3) is 3.32. The molecule has 0 aliphatic rings. The molecule has 120 valence electrons. The molecule has 0 radical (unpaired) electrons. The summed E-state index contributed by atoms with van der Waals surface area (Å²) in [5.41, 5.74) is 4.44. The highest BCUT2D eigenvalue weighted by atomic mass is 31.1. The van der Waals surface area contributed by atoms with Gasteiger partial charge in [0.1, 0.15) is 0 Å². The summed E-state index contributed by atoms with van der Waals surface area (Å²) in [6.45, 7) is 6.15. The van der Waals surface area contributed by atoms with Crippen LogP contribution in [0, 0.1) is 20.8 Å². The number of hydrogen-bond donors (Lipinski definition) is 0. The standard InChI is InChI=1S/C22H21OP/c1-16-14-17(2)21(18(3)15-16)22(23)24(19-10-6-4-7-11-19)20-12-8-5-9-13-20/h4-15H,1-3H3. The number of carbonyl (C=O) groups excluding carboxylic acids is 1. The summed E-state index contributed by atoms with van der Waals surface area (Å²) >= 11 is 0. The minimum atomic E-state index is -1.07. The smallest absolute Gasteiger partial charge is 0.193 e. The van der Waals surface area contributed by atoms with Crippen molar-refractivity contribution in [1.82, 2.24) is 0 Å². The van der Waals surface area contributed by atoms with Crippen molar-refractivity contribution in [3.63, 3.8) is 0 Å². The van der Waals surface area contributed by atoms with E-state index in [9.17, 15) is 4.79 Å². The van der Waals surface area contributed by atoms with Crippen LogP contribution in [-0.4, -0.2) is 5.52 Å². The predicted molar refractivity (Wildman–Crippen MR) is 104 cm³/mol. The van der Waals surface area contributed by atoms with E-state index in [1.165, 1.54) is 5.56 Å². The van der Waals surface area contributed by atoms with Crippen molar-refractivity contribution < 1.29 is 4.79 Å². The van der Waals surface area contributed by atoms with Gasteiger partial charge in [0.25, 0.3) is 0 Å². The Bertz CT molecular complexity index is 791. The lowest BCUT2D eigenvalue weighted by Crippen LogP contribution is -2.19. The Morgan fingerprint density at radius 3 is 1.54 bits per heavy atom. The summed E-state index contributed by atoms with van der Waals surface area (Å²) in [6, 6.07) is 24.5. The molecule has 3 rings (SSSR count). The molecule has 0 N–H and O–H groups in total. The molecule has 24 heavy (non-hydrogen) atoms. The Morgan fingerprint density at radius 2 is 1.12 bits per heavy atom. The lowest BCUT2D eigenvalue weighted by atomic mass is 10.0. The lowest BCUT2D eigenvalue weighted by Gasteiger charge is -2.20. The molecule has 3 aromatic rings. The van der Waals surface area contributed by atoms with Crippen LogP contribution in [0.1, 0.15) is 27.0 Å². The molecule has 0 amide bonds. The fourth-order valence-electron chi connectivity index (χ4n) is 3.17. The van der Waals surface area contributed by atoms with Crippen LogP contribution in [0.2, 0.25) is 0 Å². The Hall–Kier alpha value is -2.24. The SMILES string of the molecule is Cc1cc(C)c(C(=O)P(c2ccccc2)c2ccccc2)c(C)c1. The van der Waals surface area contributed by atoms with Crippen LogP contribution in [-0.2, 0) is 0 Å². The Labute approximate surface area is 145 Å². The number of carbonyl (C=O) groups is 1. The molecule has 0 fully saturated rings. The third-order valence-corrected chi connectivity index (χ3v) is 6.38. The molecule has 1 nitrogen and oxygen atoms in total. The van der Waals surface area contributed by atoms with Crippen LogP contribution in [0.5, 0.6) is 0 Å². The van der Waals surface area contributed by atoms with Crippen molar-refractivity contribution >= 4 is 24.1 Å². The van der Waals surface area contributed by atoms with Crippen LogP contribution in [0.25, 0.3) is 0 Å². The molecule has 0 bridgehead atoms. The molecule has 0 unspecified atom stereocenters. The van der Waals surface area contributed by atoms with Crippen molar-refractivity contribution in [3.8, 4) is 0 Å². The second-order valence-electron chi connectivity index (χ2n) is 6.09. The maximum Gasteiger partial charge on any atom is 0.193 e. The summed E-state index contributed by atoms with van der Waals surface area (Å²) in [6.07, 6.45) is 0. The number of aryl methyl sites for hydroxylation is 3. The second kappa shape index (κ2) is 7.11. The van der Waals surface area contributed by atoms with Gasteiger partial charge in [-0.05, 0) is 42.5 Å². The molecule has 0 saturated carbocycles. The first-order valence-corrected chi connectivity index (χ1v) is 9.44. The summed E-state index contributed by atoms with van der Waals surface area (Å²) in [5, 5.41) is 2.20. The third-order valence-electron chi connectivity index (χ3n) is 4.12. The normalized spacial score (nSPS) is 10.8. The zero-order valence-electron chi connectivity index (χ0n) is 14.3. The van der Waals surface area contributed by atoms with Crippen LogP contribution < -0.4 is 10.6 Å². The molecular weight excluding hydrogens is 311 g/mol. The van der Waals surface area contributed by atoms with Gasteiger partial charge in [0, 0.05) is 13.5 Å². The highest BCUT2D eigenvalue weighted by molar-refractivity contribution is 7.88. The fraction of sp³-hybridized carbons (Fsp3) is 0.136. The van der Waals surface area contributed by atoms with Crippen molar-refractivity contribution in [2.45, 2.75) is 20.8 Å². The van der Waals surface area contributed by atoms with Crippen molar-refractivity contribution in [2.75, 3.05) is 0 Å². The molecule has 3 aromatic carbocycles. The highest BCUT2D eigenvalue weighted by Gasteiger charge is 2.26. The molecule has 0 aliphatic carbocycles. The van der Waals surface area contributed by atoms with E-state index in [4.69, 9.17) is 0 Å². The van der Waals surface area contributed by atoms with Gasteiger partial charge < -0.3 is 0 Å². The Balaban J connectivity index is 2.15. The van der Waals surface area contributed by atoms with E-state index in [-0.39, 0.29) is 5.52 Å². The average Bonchev–Trinajstić information content (AvgIpc) is 2.56. The first-order valence-electron chi connectivity index (χ1n) is 8.10. The van der Waals surface area contributed by atoms with Gasteiger partial charge in [-0.3, -0.25) is 4.79 Å².